The number of carboxylic acids is 1. The molecule has 0 atom stereocenters. The van der Waals surface area contributed by atoms with Gasteiger partial charge in [-0.1, -0.05) is 11.6 Å². The minimum absolute atomic E-state index is 0.0955. The Bertz CT molecular complexity index is 697. The van der Waals surface area contributed by atoms with Crippen molar-refractivity contribution in [2.24, 2.45) is 0 Å². The Hall–Kier alpha value is -2.90. The number of hydrogen-bond donors (Lipinski definition) is 2. The zero-order valence-electron chi connectivity index (χ0n) is 14.1. The highest BCUT2D eigenvalue weighted by molar-refractivity contribution is 5.75. The number of benzene rings is 1. The van der Waals surface area contributed by atoms with Crippen molar-refractivity contribution in [3.8, 4) is 17.0 Å². The number of aliphatic carboxylic acids is 1. The molecule has 1 aromatic heterocycles. The second-order valence-electron chi connectivity index (χ2n) is 5.58. The molecular formula is C17H22N4O4. The fourth-order valence-corrected chi connectivity index (χ4v) is 2.28. The Balaban J connectivity index is 1.74. The summed E-state index contributed by atoms with van der Waals surface area (Å²) in [6, 6.07) is 7.44. The Kier molecular flexibility index (Phi) is 6.94. The van der Waals surface area contributed by atoms with Crippen molar-refractivity contribution in [2.75, 3.05) is 13.7 Å². The number of carboxylic acid groups (broad SMARTS) is 1. The van der Waals surface area contributed by atoms with Gasteiger partial charge in [0.05, 0.1) is 13.3 Å². The van der Waals surface area contributed by atoms with Gasteiger partial charge in [0.2, 0.25) is 5.91 Å². The van der Waals surface area contributed by atoms with Crippen LogP contribution >= 0.6 is 0 Å². The van der Waals surface area contributed by atoms with Gasteiger partial charge in [-0.15, -0.1) is 5.10 Å². The van der Waals surface area contributed by atoms with Crippen LogP contribution in [0.1, 0.15) is 25.7 Å². The van der Waals surface area contributed by atoms with E-state index in [-0.39, 0.29) is 18.9 Å². The van der Waals surface area contributed by atoms with Crippen molar-refractivity contribution < 1.29 is 19.4 Å². The largest absolute Gasteiger partial charge is 0.497 e. The van der Waals surface area contributed by atoms with Crippen LogP contribution in [0.4, 0.5) is 0 Å². The number of amides is 1. The molecule has 0 aliphatic carbocycles. The highest BCUT2D eigenvalue weighted by atomic mass is 16.5. The normalized spacial score (nSPS) is 10.4. The van der Waals surface area contributed by atoms with Gasteiger partial charge in [0, 0.05) is 18.5 Å². The van der Waals surface area contributed by atoms with Gasteiger partial charge in [-0.2, -0.15) is 0 Å². The SMILES string of the molecule is COc1ccc(-c2cn(CC(=O)NCCCCCC(=O)O)nn2)cc1. The molecule has 0 spiro atoms. The number of hydrogen-bond acceptors (Lipinski definition) is 5. The summed E-state index contributed by atoms with van der Waals surface area (Å²) in [6.07, 6.45) is 4.04. The van der Waals surface area contributed by atoms with Crippen molar-refractivity contribution in [3.63, 3.8) is 0 Å². The first-order valence-corrected chi connectivity index (χ1v) is 8.11. The van der Waals surface area contributed by atoms with Crippen molar-refractivity contribution in [2.45, 2.75) is 32.2 Å². The van der Waals surface area contributed by atoms with E-state index in [9.17, 15) is 9.59 Å². The minimum Gasteiger partial charge on any atom is -0.497 e. The van der Waals surface area contributed by atoms with E-state index >= 15 is 0 Å². The molecule has 2 aromatic rings. The number of carbonyl (C=O) groups excluding carboxylic acids is 1. The van der Waals surface area contributed by atoms with Crippen LogP contribution in [0.15, 0.2) is 30.5 Å². The first kappa shape index (κ1) is 18.4. The highest BCUT2D eigenvalue weighted by Crippen LogP contribution is 2.19. The molecule has 25 heavy (non-hydrogen) atoms. The average Bonchev–Trinajstić information content (AvgIpc) is 3.06. The molecule has 8 nitrogen and oxygen atoms in total. The number of rotatable bonds is 10. The highest BCUT2D eigenvalue weighted by Gasteiger charge is 2.07. The van der Waals surface area contributed by atoms with Gasteiger partial charge >= 0.3 is 5.97 Å². The number of methoxy groups -OCH3 is 1. The summed E-state index contributed by atoms with van der Waals surface area (Å²) in [4.78, 5) is 22.3. The molecule has 0 aliphatic heterocycles. The summed E-state index contributed by atoms with van der Waals surface area (Å²) in [5.74, 6) is -0.175. The van der Waals surface area contributed by atoms with E-state index in [1.165, 1.54) is 4.68 Å². The van der Waals surface area contributed by atoms with Crippen molar-refractivity contribution in [3.05, 3.63) is 30.5 Å². The summed E-state index contributed by atoms with van der Waals surface area (Å²) in [7, 11) is 1.61. The third-order valence-electron chi connectivity index (χ3n) is 3.62. The Morgan fingerprint density at radius 1 is 1.20 bits per heavy atom. The molecule has 1 heterocycles. The topological polar surface area (TPSA) is 106 Å². The molecule has 0 aliphatic rings. The molecule has 0 fully saturated rings. The lowest BCUT2D eigenvalue weighted by Crippen LogP contribution is -2.28. The molecule has 2 rings (SSSR count). The second kappa shape index (κ2) is 9.41. The van der Waals surface area contributed by atoms with E-state index in [0.717, 1.165) is 24.2 Å². The number of nitrogens with one attached hydrogen (secondary N) is 1. The van der Waals surface area contributed by atoms with Crippen LogP contribution in [-0.4, -0.2) is 45.6 Å². The van der Waals surface area contributed by atoms with E-state index in [2.05, 4.69) is 15.6 Å². The second-order valence-corrected chi connectivity index (χ2v) is 5.58. The maximum atomic E-state index is 11.9. The summed E-state index contributed by atoms with van der Waals surface area (Å²) in [5, 5.41) is 19.4. The van der Waals surface area contributed by atoms with E-state index in [1.807, 2.05) is 24.3 Å². The number of aromatic nitrogens is 3. The van der Waals surface area contributed by atoms with Gasteiger partial charge in [0.15, 0.2) is 0 Å². The third kappa shape index (κ3) is 6.25. The van der Waals surface area contributed by atoms with Crippen LogP contribution in [-0.2, 0) is 16.1 Å². The molecule has 0 saturated heterocycles. The number of ether oxygens (including phenoxy) is 1. The fourth-order valence-electron chi connectivity index (χ4n) is 2.28. The number of carbonyl (C=O) groups is 2. The van der Waals surface area contributed by atoms with E-state index in [0.29, 0.717) is 18.7 Å². The zero-order valence-corrected chi connectivity index (χ0v) is 14.1. The Morgan fingerprint density at radius 3 is 2.64 bits per heavy atom. The molecular weight excluding hydrogens is 324 g/mol. The third-order valence-corrected chi connectivity index (χ3v) is 3.62. The molecule has 1 amide bonds. The Labute approximate surface area is 145 Å². The van der Waals surface area contributed by atoms with Gasteiger partial charge in [-0.25, -0.2) is 4.68 Å². The lowest BCUT2D eigenvalue weighted by Gasteiger charge is -2.04. The molecule has 134 valence electrons. The maximum absolute atomic E-state index is 11.9. The average molecular weight is 346 g/mol. The molecule has 0 saturated carbocycles. The predicted octanol–water partition coefficient (Wildman–Crippen LogP) is 1.71. The summed E-state index contributed by atoms with van der Waals surface area (Å²) in [6.45, 7) is 0.622. The van der Waals surface area contributed by atoms with Gasteiger partial charge in [-0.3, -0.25) is 9.59 Å². The standard InChI is InChI=1S/C17H22N4O4/c1-25-14-8-6-13(7-9-14)15-11-21(20-19-15)12-16(22)18-10-4-2-3-5-17(23)24/h6-9,11H,2-5,10,12H2,1H3,(H,18,22)(H,23,24). The first-order valence-electron chi connectivity index (χ1n) is 8.11. The molecule has 2 N–H and O–H groups in total. The van der Waals surface area contributed by atoms with E-state index < -0.39 is 5.97 Å². The molecule has 1 aromatic carbocycles. The lowest BCUT2D eigenvalue weighted by molar-refractivity contribution is -0.137. The zero-order chi connectivity index (χ0) is 18.1. The fraction of sp³-hybridized carbons (Fsp3) is 0.412. The van der Waals surface area contributed by atoms with Crippen LogP contribution < -0.4 is 10.1 Å². The van der Waals surface area contributed by atoms with Crippen LogP contribution in [0.3, 0.4) is 0 Å². The van der Waals surface area contributed by atoms with Crippen molar-refractivity contribution in [1.29, 1.82) is 0 Å². The van der Waals surface area contributed by atoms with Gasteiger partial charge in [0.1, 0.15) is 18.0 Å². The minimum atomic E-state index is -0.789. The van der Waals surface area contributed by atoms with E-state index in [4.69, 9.17) is 9.84 Å². The van der Waals surface area contributed by atoms with Gasteiger partial charge < -0.3 is 15.2 Å². The van der Waals surface area contributed by atoms with Crippen molar-refractivity contribution >= 4 is 11.9 Å². The lowest BCUT2D eigenvalue weighted by atomic mass is 10.2. The van der Waals surface area contributed by atoms with Crippen LogP contribution in [0.25, 0.3) is 11.3 Å². The van der Waals surface area contributed by atoms with Crippen LogP contribution in [0, 0.1) is 0 Å². The quantitative estimate of drug-likeness (QED) is 0.634. The smallest absolute Gasteiger partial charge is 0.303 e. The maximum Gasteiger partial charge on any atom is 0.303 e. The number of unbranched alkanes of at least 4 members (excludes halogenated alkanes) is 2. The Morgan fingerprint density at radius 2 is 1.96 bits per heavy atom. The first-order chi connectivity index (χ1) is 12.1. The molecule has 0 bridgehead atoms. The number of nitrogens with zero attached hydrogens (tertiary/aromatic N) is 3. The summed E-state index contributed by atoms with van der Waals surface area (Å²) >= 11 is 0. The van der Waals surface area contributed by atoms with Crippen molar-refractivity contribution in [1.82, 2.24) is 20.3 Å². The summed E-state index contributed by atoms with van der Waals surface area (Å²) < 4.78 is 6.60. The monoisotopic (exact) mass is 346 g/mol. The van der Waals surface area contributed by atoms with Crippen LogP contribution in [0.5, 0.6) is 5.75 Å². The van der Waals surface area contributed by atoms with E-state index in [1.54, 1.807) is 13.3 Å². The molecule has 8 heteroatoms. The van der Waals surface area contributed by atoms with Gasteiger partial charge in [0.25, 0.3) is 0 Å². The molecule has 0 radical (unpaired) electrons. The van der Waals surface area contributed by atoms with Crippen LogP contribution in [0.2, 0.25) is 0 Å². The predicted molar refractivity (Wildman–Crippen MR) is 91.1 cm³/mol. The summed E-state index contributed by atoms with van der Waals surface area (Å²) in [5.41, 5.74) is 1.58. The molecule has 0 unspecified atom stereocenters. The van der Waals surface area contributed by atoms with Gasteiger partial charge in [-0.05, 0) is 37.1 Å².